The summed E-state index contributed by atoms with van der Waals surface area (Å²) < 4.78 is 5.22. The second kappa shape index (κ2) is 10.1. The number of carbonyl (C=O) groups is 2. The summed E-state index contributed by atoms with van der Waals surface area (Å²) in [6, 6.07) is 10.8. The molecule has 0 saturated carbocycles. The minimum absolute atomic E-state index is 0.154. The van der Waals surface area contributed by atoms with Gasteiger partial charge in [-0.15, -0.1) is 0 Å². The summed E-state index contributed by atoms with van der Waals surface area (Å²) >= 11 is 11.9. The second-order valence-electron chi connectivity index (χ2n) is 6.33. The Morgan fingerprint density at radius 3 is 2.46 bits per heavy atom. The van der Waals surface area contributed by atoms with Gasteiger partial charge in [0, 0.05) is 21.2 Å². The van der Waals surface area contributed by atoms with Crippen molar-refractivity contribution in [2.24, 2.45) is 11.0 Å². The first kappa shape index (κ1) is 21.7. The van der Waals surface area contributed by atoms with Crippen molar-refractivity contribution in [1.82, 2.24) is 10.7 Å². The van der Waals surface area contributed by atoms with Gasteiger partial charge in [0.2, 0.25) is 0 Å². The van der Waals surface area contributed by atoms with Gasteiger partial charge in [-0.3, -0.25) is 9.59 Å². The Morgan fingerprint density at radius 2 is 1.82 bits per heavy atom. The van der Waals surface area contributed by atoms with Crippen molar-refractivity contribution in [1.29, 1.82) is 0 Å². The van der Waals surface area contributed by atoms with Crippen molar-refractivity contribution >= 4 is 41.2 Å². The van der Waals surface area contributed by atoms with E-state index in [1.165, 1.54) is 19.4 Å². The fraction of sp³-hybridized carbons (Fsp3) is 0.250. The molecule has 2 rings (SSSR count). The SMILES string of the molecule is COc1ccc(Cl)cc1C=NNC(=O)C(NC(=O)c1cccc(Cl)c1)C(C)C. The largest absolute Gasteiger partial charge is 0.496 e. The fourth-order valence-corrected chi connectivity index (χ4v) is 2.80. The number of hydrazone groups is 1. The maximum atomic E-state index is 12.5. The topological polar surface area (TPSA) is 79.8 Å². The molecule has 0 bridgehead atoms. The fourth-order valence-electron chi connectivity index (χ4n) is 2.43. The first-order valence-corrected chi connectivity index (χ1v) is 9.30. The van der Waals surface area contributed by atoms with E-state index in [0.717, 1.165) is 0 Å². The summed E-state index contributed by atoms with van der Waals surface area (Å²) in [5.74, 6) is -0.421. The first-order valence-electron chi connectivity index (χ1n) is 8.54. The number of carbonyl (C=O) groups excluding carboxylic acids is 2. The van der Waals surface area contributed by atoms with Gasteiger partial charge in [0.15, 0.2) is 0 Å². The molecule has 28 heavy (non-hydrogen) atoms. The van der Waals surface area contributed by atoms with E-state index in [2.05, 4.69) is 15.8 Å². The highest BCUT2D eigenvalue weighted by atomic mass is 35.5. The van der Waals surface area contributed by atoms with E-state index in [-0.39, 0.29) is 5.92 Å². The smallest absolute Gasteiger partial charge is 0.262 e. The molecule has 0 aliphatic heterocycles. The quantitative estimate of drug-likeness (QED) is 0.525. The summed E-state index contributed by atoms with van der Waals surface area (Å²) in [7, 11) is 1.53. The molecule has 0 aliphatic carbocycles. The molecule has 0 spiro atoms. The van der Waals surface area contributed by atoms with Crippen molar-refractivity contribution < 1.29 is 14.3 Å². The molecule has 0 radical (unpaired) electrons. The predicted octanol–water partition coefficient (Wildman–Crippen LogP) is 3.91. The molecule has 8 heteroatoms. The van der Waals surface area contributed by atoms with Gasteiger partial charge in [0.25, 0.3) is 11.8 Å². The Bertz CT molecular complexity index is 885. The highest BCUT2D eigenvalue weighted by Crippen LogP contribution is 2.20. The molecule has 2 aromatic carbocycles. The van der Waals surface area contributed by atoms with Crippen LogP contribution >= 0.6 is 23.2 Å². The average molecular weight is 422 g/mol. The summed E-state index contributed by atoms with van der Waals surface area (Å²) in [5, 5.41) is 7.62. The number of ether oxygens (including phenoxy) is 1. The maximum absolute atomic E-state index is 12.5. The van der Waals surface area contributed by atoms with Gasteiger partial charge in [0.05, 0.1) is 13.3 Å². The number of rotatable bonds is 7. The molecule has 0 aromatic heterocycles. The van der Waals surface area contributed by atoms with Crippen molar-refractivity contribution in [3.05, 3.63) is 63.6 Å². The zero-order chi connectivity index (χ0) is 20.7. The number of nitrogens with one attached hydrogen (secondary N) is 2. The number of hydrogen-bond donors (Lipinski definition) is 2. The van der Waals surface area contributed by atoms with E-state index >= 15 is 0 Å². The van der Waals surface area contributed by atoms with E-state index < -0.39 is 17.9 Å². The molecular weight excluding hydrogens is 401 g/mol. The molecule has 0 saturated heterocycles. The third kappa shape index (κ3) is 5.97. The van der Waals surface area contributed by atoms with Gasteiger partial charge in [-0.05, 0) is 42.3 Å². The van der Waals surface area contributed by atoms with Gasteiger partial charge >= 0.3 is 0 Å². The summed E-state index contributed by atoms with van der Waals surface area (Å²) in [4.78, 5) is 24.9. The Kier molecular flexibility index (Phi) is 7.84. The van der Waals surface area contributed by atoms with Crippen LogP contribution in [0.3, 0.4) is 0 Å². The number of hydrogen-bond acceptors (Lipinski definition) is 4. The number of nitrogens with zero attached hydrogens (tertiary/aromatic N) is 1. The summed E-state index contributed by atoms with van der Waals surface area (Å²) in [6.45, 7) is 3.65. The standard InChI is InChI=1S/C20H21Cl2N3O3/c1-12(2)18(24-19(26)13-5-4-6-15(21)9-13)20(27)25-23-11-14-10-16(22)7-8-17(14)28-3/h4-12,18H,1-3H3,(H,24,26)(H,25,27). The van der Waals surface area contributed by atoms with E-state index in [4.69, 9.17) is 27.9 Å². The molecule has 1 atom stereocenters. The molecular formula is C20H21Cl2N3O3. The lowest BCUT2D eigenvalue weighted by atomic mass is 10.0. The Labute approximate surface area is 173 Å². The van der Waals surface area contributed by atoms with Crippen molar-refractivity contribution in [3.8, 4) is 5.75 Å². The van der Waals surface area contributed by atoms with Crippen LogP contribution in [-0.2, 0) is 4.79 Å². The molecule has 2 amide bonds. The van der Waals surface area contributed by atoms with Crippen LogP contribution in [0.1, 0.15) is 29.8 Å². The highest BCUT2D eigenvalue weighted by Gasteiger charge is 2.24. The van der Waals surface area contributed by atoms with Crippen LogP contribution in [0, 0.1) is 5.92 Å². The number of methoxy groups -OCH3 is 1. The molecule has 148 valence electrons. The monoisotopic (exact) mass is 421 g/mol. The minimum Gasteiger partial charge on any atom is -0.496 e. The van der Waals surface area contributed by atoms with Crippen LogP contribution < -0.4 is 15.5 Å². The van der Waals surface area contributed by atoms with Crippen LogP contribution in [0.25, 0.3) is 0 Å². The highest BCUT2D eigenvalue weighted by molar-refractivity contribution is 6.31. The molecule has 0 aliphatic rings. The Balaban J connectivity index is 2.07. The normalized spacial score (nSPS) is 12.1. The van der Waals surface area contributed by atoms with Crippen LogP contribution in [0.15, 0.2) is 47.6 Å². The van der Waals surface area contributed by atoms with Gasteiger partial charge in [0.1, 0.15) is 11.8 Å². The number of halogens is 2. The lowest BCUT2D eigenvalue weighted by molar-refractivity contribution is -0.123. The molecule has 1 unspecified atom stereocenters. The van der Waals surface area contributed by atoms with Crippen molar-refractivity contribution in [2.75, 3.05) is 7.11 Å². The Morgan fingerprint density at radius 1 is 1.11 bits per heavy atom. The van der Waals surface area contributed by atoms with Crippen molar-refractivity contribution in [2.45, 2.75) is 19.9 Å². The van der Waals surface area contributed by atoms with Gasteiger partial charge < -0.3 is 10.1 Å². The number of amides is 2. The van der Waals surface area contributed by atoms with Gasteiger partial charge in [-0.1, -0.05) is 43.1 Å². The molecule has 0 heterocycles. The zero-order valence-corrected chi connectivity index (χ0v) is 17.2. The van der Waals surface area contributed by atoms with Crippen LogP contribution in [-0.4, -0.2) is 31.2 Å². The van der Waals surface area contributed by atoms with Crippen LogP contribution in [0.2, 0.25) is 10.0 Å². The summed E-state index contributed by atoms with van der Waals surface area (Å²) in [6.07, 6.45) is 1.43. The van der Waals surface area contributed by atoms with E-state index in [0.29, 0.717) is 26.9 Å². The third-order valence-electron chi connectivity index (χ3n) is 3.89. The molecule has 2 aromatic rings. The van der Waals surface area contributed by atoms with Gasteiger partial charge in [-0.2, -0.15) is 5.10 Å². The van der Waals surface area contributed by atoms with Gasteiger partial charge in [-0.25, -0.2) is 5.43 Å². The molecule has 0 fully saturated rings. The minimum atomic E-state index is -0.773. The second-order valence-corrected chi connectivity index (χ2v) is 7.20. The van der Waals surface area contributed by atoms with E-state index in [1.807, 2.05) is 13.8 Å². The Hall–Kier alpha value is -2.57. The van der Waals surface area contributed by atoms with Crippen molar-refractivity contribution in [3.63, 3.8) is 0 Å². The average Bonchev–Trinajstić information content (AvgIpc) is 2.65. The number of benzene rings is 2. The molecule has 2 N–H and O–H groups in total. The molecule has 6 nitrogen and oxygen atoms in total. The van der Waals surface area contributed by atoms with E-state index in [1.54, 1.807) is 36.4 Å². The predicted molar refractivity (Wildman–Crippen MR) is 111 cm³/mol. The lowest BCUT2D eigenvalue weighted by Gasteiger charge is -2.20. The van der Waals surface area contributed by atoms with Crippen LogP contribution in [0.4, 0.5) is 0 Å². The zero-order valence-electron chi connectivity index (χ0n) is 15.7. The van der Waals surface area contributed by atoms with E-state index in [9.17, 15) is 9.59 Å². The lowest BCUT2D eigenvalue weighted by Crippen LogP contribution is -2.48. The first-order chi connectivity index (χ1) is 13.3. The third-order valence-corrected chi connectivity index (χ3v) is 4.36. The summed E-state index contributed by atoms with van der Waals surface area (Å²) in [5.41, 5.74) is 3.43. The maximum Gasteiger partial charge on any atom is 0.262 e. The van der Waals surface area contributed by atoms with Crippen LogP contribution in [0.5, 0.6) is 5.75 Å².